The molecule has 2 aromatic carbocycles. The van der Waals surface area contributed by atoms with Gasteiger partial charge >= 0.3 is 0 Å². The summed E-state index contributed by atoms with van der Waals surface area (Å²) in [6, 6.07) is 16.2. The Morgan fingerprint density at radius 3 is 2.58 bits per heavy atom. The Bertz CT molecular complexity index is 766. The molecule has 0 radical (unpaired) electrons. The van der Waals surface area contributed by atoms with E-state index in [1.54, 1.807) is 0 Å². The van der Waals surface area contributed by atoms with Crippen LogP contribution in [0.3, 0.4) is 0 Å². The van der Waals surface area contributed by atoms with Crippen LogP contribution in [0.4, 0.5) is 0 Å². The van der Waals surface area contributed by atoms with E-state index in [2.05, 4.69) is 47.0 Å². The molecule has 0 aromatic heterocycles. The van der Waals surface area contributed by atoms with Crippen LogP contribution in [0.25, 0.3) is 0 Å². The third kappa shape index (κ3) is 2.97. The molecule has 1 fully saturated rings. The first-order valence-electron chi connectivity index (χ1n) is 9.80. The van der Waals surface area contributed by atoms with Crippen LogP contribution in [-0.2, 0) is 12.8 Å². The summed E-state index contributed by atoms with van der Waals surface area (Å²) in [6.07, 6.45) is 3.42. The Labute approximate surface area is 154 Å². The molecule has 5 rings (SSSR count). The maximum Gasteiger partial charge on any atom is 0.164 e. The molecule has 2 atom stereocenters. The zero-order chi connectivity index (χ0) is 17.3. The molecule has 1 saturated heterocycles. The maximum atomic E-state index is 6.00. The zero-order valence-corrected chi connectivity index (χ0v) is 15.0. The molecule has 1 aliphatic carbocycles. The lowest BCUT2D eigenvalue weighted by Crippen LogP contribution is -2.50. The standard InChI is InChI=1S/C22H26N2O2/c1-2-5-16-13-17(12-15(16)4-1)24-20-8-9-23-14-19(20)18-6-3-7-21-22(18)26-11-10-25-21/h1-7,17,19-20,23-24H,8-14H2. The molecule has 0 saturated carbocycles. The normalized spacial score (nSPS) is 25.1. The summed E-state index contributed by atoms with van der Waals surface area (Å²) in [5.74, 6) is 2.25. The second-order valence-electron chi connectivity index (χ2n) is 7.62. The van der Waals surface area contributed by atoms with Crippen LogP contribution < -0.4 is 20.1 Å². The predicted molar refractivity (Wildman–Crippen MR) is 102 cm³/mol. The molecule has 0 bridgehead atoms. The highest BCUT2D eigenvalue weighted by atomic mass is 16.6. The Kier molecular flexibility index (Phi) is 4.31. The van der Waals surface area contributed by atoms with Gasteiger partial charge in [0, 0.05) is 30.1 Å². The van der Waals surface area contributed by atoms with Gasteiger partial charge in [0.25, 0.3) is 0 Å². The van der Waals surface area contributed by atoms with Crippen LogP contribution >= 0.6 is 0 Å². The number of nitrogens with one attached hydrogen (secondary N) is 2. The summed E-state index contributed by atoms with van der Waals surface area (Å²) in [5.41, 5.74) is 4.29. The van der Waals surface area contributed by atoms with Gasteiger partial charge in [-0.2, -0.15) is 0 Å². The van der Waals surface area contributed by atoms with Crippen molar-refractivity contribution in [1.82, 2.24) is 10.6 Å². The van der Waals surface area contributed by atoms with Crippen LogP contribution in [0.1, 0.15) is 29.0 Å². The number of para-hydroxylation sites is 1. The number of hydrogen-bond acceptors (Lipinski definition) is 4. The minimum atomic E-state index is 0.407. The fraction of sp³-hybridized carbons (Fsp3) is 0.455. The molecule has 2 unspecified atom stereocenters. The molecular formula is C22H26N2O2. The fourth-order valence-corrected chi connectivity index (χ4v) is 4.75. The number of ether oxygens (including phenoxy) is 2. The lowest BCUT2D eigenvalue weighted by Gasteiger charge is -2.36. The average molecular weight is 350 g/mol. The molecule has 4 heteroatoms. The monoisotopic (exact) mass is 350 g/mol. The molecule has 2 aliphatic heterocycles. The van der Waals surface area contributed by atoms with E-state index in [0.717, 1.165) is 43.9 Å². The quantitative estimate of drug-likeness (QED) is 0.893. The summed E-state index contributed by atoms with van der Waals surface area (Å²) in [4.78, 5) is 0. The highest BCUT2D eigenvalue weighted by Gasteiger charge is 2.33. The predicted octanol–water partition coefficient (Wildman–Crippen LogP) is 2.66. The molecule has 2 N–H and O–H groups in total. The summed E-state index contributed by atoms with van der Waals surface area (Å²) >= 11 is 0. The zero-order valence-electron chi connectivity index (χ0n) is 15.0. The molecular weight excluding hydrogens is 324 g/mol. The molecule has 136 valence electrons. The molecule has 26 heavy (non-hydrogen) atoms. The van der Waals surface area contributed by atoms with E-state index in [4.69, 9.17) is 9.47 Å². The van der Waals surface area contributed by atoms with Crippen LogP contribution in [-0.4, -0.2) is 38.4 Å². The third-order valence-electron chi connectivity index (χ3n) is 5.98. The minimum Gasteiger partial charge on any atom is -0.486 e. The Morgan fingerprint density at radius 1 is 0.923 bits per heavy atom. The number of hydrogen-bond donors (Lipinski definition) is 2. The van der Waals surface area contributed by atoms with Gasteiger partial charge < -0.3 is 20.1 Å². The van der Waals surface area contributed by atoms with Gasteiger partial charge in [-0.15, -0.1) is 0 Å². The van der Waals surface area contributed by atoms with Gasteiger partial charge in [-0.05, 0) is 43.0 Å². The minimum absolute atomic E-state index is 0.407. The first-order valence-corrected chi connectivity index (χ1v) is 9.80. The van der Waals surface area contributed by atoms with E-state index in [-0.39, 0.29) is 0 Å². The molecule has 0 spiro atoms. The van der Waals surface area contributed by atoms with Crippen molar-refractivity contribution in [3.05, 3.63) is 59.2 Å². The highest BCUT2D eigenvalue weighted by Crippen LogP contribution is 2.40. The third-order valence-corrected chi connectivity index (χ3v) is 5.98. The van der Waals surface area contributed by atoms with Crippen molar-refractivity contribution < 1.29 is 9.47 Å². The number of benzene rings is 2. The number of rotatable bonds is 3. The second kappa shape index (κ2) is 6.93. The Morgan fingerprint density at radius 2 is 1.73 bits per heavy atom. The van der Waals surface area contributed by atoms with E-state index >= 15 is 0 Å². The lowest BCUT2D eigenvalue weighted by atomic mass is 9.85. The highest BCUT2D eigenvalue weighted by molar-refractivity contribution is 5.50. The van der Waals surface area contributed by atoms with Gasteiger partial charge in [-0.3, -0.25) is 0 Å². The van der Waals surface area contributed by atoms with Crippen molar-refractivity contribution >= 4 is 0 Å². The van der Waals surface area contributed by atoms with E-state index in [1.165, 1.54) is 16.7 Å². The van der Waals surface area contributed by atoms with E-state index < -0.39 is 0 Å². The number of piperidine rings is 1. The van der Waals surface area contributed by atoms with Crippen LogP contribution in [0.5, 0.6) is 11.5 Å². The molecule has 4 nitrogen and oxygen atoms in total. The van der Waals surface area contributed by atoms with Crippen molar-refractivity contribution in [1.29, 1.82) is 0 Å². The maximum absolute atomic E-state index is 6.00. The van der Waals surface area contributed by atoms with Gasteiger partial charge in [0.15, 0.2) is 11.5 Å². The Balaban J connectivity index is 1.37. The van der Waals surface area contributed by atoms with E-state index in [0.29, 0.717) is 31.2 Å². The Hall–Kier alpha value is -2.04. The van der Waals surface area contributed by atoms with Gasteiger partial charge in [-0.25, -0.2) is 0 Å². The van der Waals surface area contributed by atoms with Crippen molar-refractivity contribution in [2.75, 3.05) is 26.3 Å². The first kappa shape index (κ1) is 16.2. The number of fused-ring (bicyclic) bond motifs is 2. The lowest BCUT2D eigenvalue weighted by molar-refractivity contribution is 0.167. The summed E-state index contributed by atoms with van der Waals surface area (Å²) in [5, 5.41) is 7.56. The molecule has 0 amide bonds. The van der Waals surface area contributed by atoms with Crippen molar-refractivity contribution in [3.8, 4) is 11.5 Å². The van der Waals surface area contributed by atoms with Crippen LogP contribution in [0.15, 0.2) is 42.5 Å². The van der Waals surface area contributed by atoms with Gasteiger partial charge in [-0.1, -0.05) is 36.4 Å². The van der Waals surface area contributed by atoms with E-state index in [9.17, 15) is 0 Å². The first-order chi connectivity index (χ1) is 12.9. The molecule has 2 heterocycles. The summed E-state index contributed by atoms with van der Waals surface area (Å²) < 4.78 is 11.8. The summed E-state index contributed by atoms with van der Waals surface area (Å²) in [6.45, 7) is 3.33. The summed E-state index contributed by atoms with van der Waals surface area (Å²) in [7, 11) is 0. The van der Waals surface area contributed by atoms with Gasteiger partial charge in [0.2, 0.25) is 0 Å². The van der Waals surface area contributed by atoms with Crippen molar-refractivity contribution in [2.45, 2.75) is 37.3 Å². The van der Waals surface area contributed by atoms with Gasteiger partial charge in [0.05, 0.1) is 0 Å². The topological polar surface area (TPSA) is 42.5 Å². The van der Waals surface area contributed by atoms with Crippen molar-refractivity contribution in [3.63, 3.8) is 0 Å². The van der Waals surface area contributed by atoms with Crippen LogP contribution in [0, 0.1) is 0 Å². The van der Waals surface area contributed by atoms with Crippen LogP contribution in [0.2, 0.25) is 0 Å². The fourth-order valence-electron chi connectivity index (χ4n) is 4.75. The van der Waals surface area contributed by atoms with E-state index in [1.807, 2.05) is 6.07 Å². The van der Waals surface area contributed by atoms with Crippen molar-refractivity contribution in [2.24, 2.45) is 0 Å². The molecule has 2 aromatic rings. The second-order valence-corrected chi connectivity index (χ2v) is 7.62. The average Bonchev–Trinajstić information content (AvgIpc) is 3.10. The smallest absolute Gasteiger partial charge is 0.164 e. The van der Waals surface area contributed by atoms with Gasteiger partial charge in [0.1, 0.15) is 13.2 Å². The largest absolute Gasteiger partial charge is 0.486 e. The SMILES string of the molecule is c1ccc2c(c1)CC(NC1CCNCC1c1cccc3c1OCCO3)C2. The molecule has 3 aliphatic rings.